The molecule has 0 spiro atoms. The number of amidine groups is 1. The number of hydrogen-bond donors (Lipinski definition) is 1. The Bertz CT molecular complexity index is 1150. The number of fused-ring (bicyclic) bond motifs is 1. The summed E-state index contributed by atoms with van der Waals surface area (Å²) in [5.74, 6) is 1.71. The number of benzene rings is 2. The van der Waals surface area contributed by atoms with Gasteiger partial charge in [-0.1, -0.05) is 60.6 Å². The Morgan fingerprint density at radius 1 is 1.13 bits per heavy atom. The van der Waals surface area contributed by atoms with Crippen LogP contribution < -0.4 is 10.2 Å². The Morgan fingerprint density at radius 2 is 1.90 bits per heavy atom. The first kappa shape index (κ1) is 19.4. The molecular formula is C28H35N3. The summed E-state index contributed by atoms with van der Waals surface area (Å²) >= 11 is 0. The Labute approximate surface area is 187 Å². The fourth-order valence-corrected chi connectivity index (χ4v) is 7.14. The lowest BCUT2D eigenvalue weighted by Gasteiger charge is -2.40. The number of nitrogens with one attached hydrogen (secondary N) is 1. The Hall–Kier alpha value is -2.29. The molecule has 0 radical (unpaired) electrons. The minimum Gasteiger partial charge on any atom is -0.359 e. The molecule has 3 unspecified atom stereocenters. The van der Waals surface area contributed by atoms with Crippen molar-refractivity contribution in [1.82, 2.24) is 0 Å². The van der Waals surface area contributed by atoms with E-state index in [9.17, 15) is 0 Å². The van der Waals surface area contributed by atoms with E-state index in [4.69, 9.17) is 4.99 Å². The SMILES string of the molecule is CCC1CC2(C)CC(C)(C)c3cc4c(cc32)NC2c3c(cccc31)N=C(C(C)(C)C)N42. The average molecular weight is 414 g/mol. The van der Waals surface area contributed by atoms with Gasteiger partial charge in [0.05, 0.1) is 17.1 Å². The van der Waals surface area contributed by atoms with E-state index in [1.165, 1.54) is 46.7 Å². The fourth-order valence-electron chi connectivity index (χ4n) is 7.14. The molecule has 3 heterocycles. The zero-order chi connectivity index (χ0) is 21.9. The van der Waals surface area contributed by atoms with E-state index >= 15 is 0 Å². The second kappa shape index (κ2) is 5.74. The van der Waals surface area contributed by atoms with Gasteiger partial charge in [0, 0.05) is 11.0 Å². The van der Waals surface area contributed by atoms with Crippen molar-refractivity contribution in [3.63, 3.8) is 0 Å². The highest BCUT2D eigenvalue weighted by molar-refractivity contribution is 6.09. The summed E-state index contributed by atoms with van der Waals surface area (Å²) in [7, 11) is 0. The van der Waals surface area contributed by atoms with Crippen LogP contribution in [0, 0.1) is 5.41 Å². The summed E-state index contributed by atoms with van der Waals surface area (Å²) in [6.45, 7) is 16.6. The highest BCUT2D eigenvalue weighted by atomic mass is 15.4. The lowest BCUT2D eigenvalue weighted by molar-refractivity contribution is 0.327. The smallest absolute Gasteiger partial charge is 0.134 e. The van der Waals surface area contributed by atoms with Crippen LogP contribution in [-0.2, 0) is 10.8 Å². The van der Waals surface area contributed by atoms with Crippen molar-refractivity contribution in [2.75, 3.05) is 10.2 Å². The summed E-state index contributed by atoms with van der Waals surface area (Å²) in [5.41, 5.74) is 10.1. The first-order valence-electron chi connectivity index (χ1n) is 12.0. The third-order valence-electron chi connectivity index (χ3n) is 8.30. The van der Waals surface area contributed by atoms with Crippen molar-refractivity contribution in [3.05, 3.63) is 52.6 Å². The van der Waals surface area contributed by atoms with Gasteiger partial charge in [0.2, 0.25) is 0 Å². The molecule has 2 aromatic rings. The van der Waals surface area contributed by atoms with Crippen LogP contribution in [0.4, 0.5) is 17.1 Å². The molecule has 3 atom stereocenters. The second-order valence-corrected chi connectivity index (χ2v) is 12.2. The molecule has 2 aromatic carbocycles. The van der Waals surface area contributed by atoms with Crippen LogP contribution in [0.1, 0.15) is 102 Å². The van der Waals surface area contributed by atoms with E-state index < -0.39 is 0 Å². The molecular weight excluding hydrogens is 378 g/mol. The maximum atomic E-state index is 5.31. The van der Waals surface area contributed by atoms with Crippen LogP contribution in [0.3, 0.4) is 0 Å². The third-order valence-corrected chi connectivity index (χ3v) is 8.30. The highest BCUT2D eigenvalue weighted by Crippen LogP contribution is 2.60. The van der Waals surface area contributed by atoms with Gasteiger partial charge in [-0.2, -0.15) is 0 Å². The molecule has 0 saturated heterocycles. The van der Waals surface area contributed by atoms with Crippen LogP contribution in [0.5, 0.6) is 0 Å². The predicted molar refractivity (Wildman–Crippen MR) is 131 cm³/mol. The number of anilines is 2. The molecule has 1 aliphatic carbocycles. The van der Waals surface area contributed by atoms with E-state index in [0.717, 1.165) is 12.1 Å². The summed E-state index contributed by atoms with van der Waals surface area (Å²) in [4.78, 5) is 7.83. The van der Waals surface area contributed by atoms with Crippen LogP contribution in [0.2, 0.25) is 0 Å². The first-order chi connectivity index (χ1) is 14.5. The van der Waals surface area contributed by atoms with Crippen molar-refractivity contribution >= 4 is 22.9 Å². The maximum Gasteiger partial charge on any atom is 0.134 e. The Balaban J connectivity index is 1.73. The van der Waals surface area contributed by atoms with Gasteiger partial charge >= 0.3 is 0 Å². The standard InChI is InChI=1S/C28H35N3/c1-8-16-14-28(7)15-27(5,6)18-13-22-21(12-19(18)28)29-24-23-17(16)10-9-11-20(23)30-25(31(22)24)26(2,3)4/h9-13,16,24,29H,8,14-15H2,1-7H3. The van der Waals surface area contributed by atoms with Gasteiger partial charge in [0.15, 0.2) is 0 Å². The van der Waals surface area contributed by atoms with Gasteiger partial charge in [0.1, 0.15) is 12.0 Å². The predicted octanol–water partition coefficient (Wildman–Crippen LogP) is 7.54. The molecule has 0 amide bonds. The van der Waals surface area contributed by atoms with E-state index in [1.54, 1.807) is 5.56 Å². The summed E-state index contributed by atoms with van der Waals surface area (Å²) in [6, 6.07) is 11.8. The molecule has 0 saturated carbocycles. The molecule has 6 rings (SSSR count). The second-order valence-electron chi connectivity index (χ2n) is 12.2. The normalized spacial score (nSPS) is 29.1. The van der Waals surface area contributed by atoms with Gasteiger partial charge in [0.25, 0.3) is 0 Å². The third kappa shape index (κ3) is 2.44. The van der Waals surface area contributed by atoms with Gasteiger partial charge in [-0.3, -0.25) is 0 Å². The summed E-state index contributed by atoms with van der Waals surface area (Å²) in [6.07, 6.45) is 3.72. The van der Waals surface area contributed by atoms with Gasteiger partial charge in [-0.05, 0) is 70.9 Å². The van der Waals surface area contributed by atoms with Crippen molar-refractivity contribution in [1.29, 1.82) is 0 Å². The highest BCUT2D eigenvalue weighted by Gasteiger charge is 2.50. The molecule has 3 aliphatic heterocycles. The fraction of sp³-hybridized carbons (Fsp3) is 0.536. The van der Waals surface area contributed by atoms with E-state index in [1.807, 2.05) is 0 Å². The topological polar surface area (TPSA) is 27.6 Å². The Morgan fingerprint density at radius 3 is 2.61 bits per heavy atom. The molecule has 3 heteroatoms. The molecule has 162 valence electrons. The summed E-state index contributed by atoms with van der Waals surface area (Å²) in [5, 5.41) is 3.95. The Kier molecular flexibility index (Phi) is 3.59. The number of rotatable bonds is 1. The number of aliphatic imine (C=N–C) groups is 1. The number of hydrogen-bond acceptors (Lipinski definition) is 3. The molecule has 0 aromatic heterocycles. The van der Waals surface area contributed by atoms with E-state index in [-0.39, 0.29) is 22.4 Å². The van der Waals surface area contributed by atoms with Crippen molar-refractivity contribution in [2.24, 2.45) is 10.4 Å². The zero-order valence-electron chi connectivity index (χ0n) is 20.1. The molecule has 3 nitrogen and oxygen atoms in total. The lowest BCUT2D eigenvalue weighted by Crippen LogP contribution is -2.44. The van der Waals surface area contributed by atoms with Crippen molar-refractivity contribution in [3.8, 4) is 0 Å². The molecule has 3 bridgehead atoms. The van der Waals surface area contributed by atoms with Crippen LogP contribution >= 0.6 is 0 Å². The molecule has 0 fully saturated rings. The van der Waals surface area contributed by atoms with Gasteiger partial charge in [-0.15, -0.1) is 0 Å². The molecule has 31 heavy (non-hydrogen) atoms. The number of nitrogens with zero attached hydrogens (tertiary/aromatic N) is 2. The van der Waals surface area contributed by atoms with Gasteiger partial charge < -0.3 is 10.2 Å². The first-order valence-corrected chi connectivity index (χ1v) is 12.0. The van der Waals surface area contributed by atoms with E-state index in [2.05, 4.69) is 89.0 Å². The minimum absolute atomic E-state index is 0.0391. The zero-order valence-corrected chi connectivity index (χ0v) is 20.1. The lowest BCUT2D eigenvalue weighted by atomic mass is 9.71. The maximum absolute atomic E-state index is 5.31. The quantitative estimate of drug-likeness (QED) is 0.523. The van der Waals surface area contributed by atoms with Crippen LogP contribution in [0.25, 0.3) is 0 Å². The average Bonchev–Trinajstić information content (AvgIpc) is 3.15. The van der Waals surface area contributed by atoms with Crippen LogP contribution in [-0.4, -0.2) is 5.84 Å². The van der Waals surface area contributed by atoms with Crippen molar-refractivity contribution < 1.29 is 0 Å². The van der Waals surface area contributed by atoms with Crippen molar-refractivity contribution in [2.45, 2.75) is 90.6 Å². The van der Waals surface area contributed by atoms with Crippen LogP contribution in [0.15, 0.2) is 35.3 Å². The van der Waals surface area contributed by atoms with E-state index in [0.29, 0.717) is 5.92 Å². The van der Waals surface area contributed by atoms with Gasteiger partial charge in [-0.25, -0.2) is 4.99 Å². The molecule has 4 aliphatic rings. The summed E-state index contributed by atoms with van der Waals surface area (Å²) < 4.78 is 0. The minimum atomic E-state index is -0.0391. The largest absolute Gasteiger partial charge is 0.359 e. The monoisotopic (exact) mass is 413 g/mol. The molecule has 1 N–H and O–H groups in total.